The summed E-state index contributed by atoms with van der Waals surface area (Å²) in [5, 5.41) is 0. The van der Waals surface area contributed by atoms with Gasteiger partial charge in [0.1, 0.15) is 10.6 Å². The minimum Gasteiger partial charge on any atom is -0.406 e. The number of aromatic nitrogens is 1. The molecule has 1 aliphatic rings. The number of anilines is 1. The Balaban J connectivity index is 1.89. The first-order valence-corrected chi connectivity index (χ1v) is 10.3. The van der Waals surface area contributed by atoms with Gasteiger partial charge in [-0.1, -0.05) is 0 Å². The number of ether oxygens (including phenoxy) is 1. The van der Waals surface area contributed by atoms with Crippen molar-refractivity contribution in [1.29, 1.82) is 0 Å². The monoisotopic (exact) mass is 431 g/mol. The first-order chi connectivity index (χ1) is 13.5. The summed E-state index contributed by atoms with van der Waals surface area (Å²) in [6.07, 6.45) is -3.12. The second kappa shape index (κ2) is 7.62. The normalized spacial score (nSPS) is 14.9. The summed E-state index contributed by atoms with van der Waals surface area (Å²) < 4.78 is 68.8. The van der Waals surface area contributed by atoms with Crippen LogP contribution < -0.4 is 9.46 Å². The van der Waals surface area contributed by atoms with Crippen molar-refractivity contribution in [2.45, 2.75) is 37.9 Å². The Hall–Kier alpha value is -2.69. The molecule has 1 amide bonds. The number of benzene rings is 1. The smallest absolute Gasteiger partial charge is 0.406 e. The van der Waals surface area contributed by atoms with Gasteiger partial charge in [-0.15, -0.1) is 13.2 Å². The number of H-pyrrole nitrogens is 1. The molecule has 2 N–H and O–H groups in total. The van der Waals surface area contributed by atoms with Crippen molar-refractivity contribution in [3.8, 4) is 5.75 Å². The van der Waals surface area contributed by atoms with E-state index >= 15 is 0 Å². The Morgan fingerprint density at radius 2 is 1.69 bits per heavy atom. The molecular formula is C18H20F3N3O4S. The molecule has 2 heterocycles. The maximum absolute atomic E-state index is 13.0. The molecule has 29 heavy (non-hydrogen) atoms. The number of likely N-dealkylation sites (tertiary alicyclic amines) is 1. The van der Waals surface area contributed by atoms with Gasteiger partial charge in [0.15, 0.2) is 0 Å². The minimum atomic E-state index is -4.84. The molecule has 158 valence electrons. The summed E-state index contributed by atoms with van der Waals surface area (Å²) >= 11 is 0. The van der Waals surface area contributed by atoms with Gasteiger partial charge in [-0.3, -0.25) is 9.52 Å². The third-order valence-corrected chi connectivity index (χ3v) is 6.09. The van der Waals surface area contributed by atoms with Crippen molar-refractivity contribution in [2.24, 2.45) is 0 Å². The van der Waals surface area contributed by atoms with Gasteiger partial charge in [-0.25, -0.2) is 8.42 Å². The van der Waals surface area contributed by atoms with Gasteiger partial charge in [0, 0.05) is 30.2 Å². The molecule has 3 rings (SSSR count). The van der Waals surface area contributed by atoms with Crippen LogP contribution in [0.25, 0.3) is 0 Å². The average Bonchev–Trinajstić information content (AvgIpc) is 3.22. The van der Waals surface area contributed by atoms with Crippen molar-refractivity contribution in [3.05, 3.63) is 41.2 Å². The number of hydrogen-bond donors (Lipinski definition) is 2. The zero-order chi connectivity index (χ0) is 21.4. The zero-order valence-electron chi connectivity index (χ0n) is 15.8. The SMILES string of the molecule is Cc1[nH]c(C)c(S(=O)(=O)Nc2ccc(OC(F)(F)F)cc2)c1C(=O)N1CCCC1. The third-order valence-electron chi connectivity index (χ3n) is 4.53. The molecule has 1 aromatic heterocycles. The average molecular weight is 431 g/mol. The molecule has 1 fully saturated rings. The first-order valence-electron chi connectivity index (χ1n) is 8.85. The first kappa shape index (κ1) is 21.0. The highest BCUT2D eigenvalue weighted by Crippen LogP contribution is 2.29. The van der Waals surface area contributed by atoms with E-state index in [-0.39, 0.29) is 22.1 Å². The number of amides is 1. The van der Waals surface area contributed by atoms with Crippen LogP contribution in [0.15, 0.2) is 29.2 Å². The second-order valence-electron chi connectivity index (χ2n) is 6.76. The number of nitrogens with zero attached hydrogens (tertiary/aromatic N) is 1. The van der Waals surface area contributed by atoms with Crippen LogP contribution in [0.3, 0.4) is 0 Å². The molecule has 0 spiro atoms. The fraction of sp³-hybridized carbons (Fsp3) is 0.389. The van der Waals surface area contributed by atoms with E-state index in [1.165, 1.54) is 0 Å². The van der Waals surface area contributed by atoms with Crippen LogP contribution in [0, 0.1) is 13.8 Å². The maximum Gasteiger partial charge on any atom is 0.573 e. The van der Waals surface area contributed by atoms with Crippen LogP contribution in [-0.4, -0.2) is 43.7 Å². The summed E-state index contributed by atoms with van der Waals surface area (Å²) in [6.45, 7) is 4.30. The summed E-state index contributed by atoms with van der Waals surface area (Å²) in [5.41, 5.74) is 0.856. The summed E-state index contributed by atoms with van der Waals surface area (Å²) in [4.78, 5) is 17.2. The fourth-order valence-electron chi connectivity index (χ4n) is 3.36. The lowest BCUT2D eigenvalue weighted by molar-refractivity contribution is -0.274. The lowest BCUT2D eigenvalue weighted by Crippen LogP contribution is -2.29. The van der Waals surface area contributed by atoms with Crippen molar-refractivity contribution >= 4 is 21.6 Å². The highest BCUT2D eigenvalue weighted by atomic mass is 32.2. The van der Waals surface area contributed by atoms with Crippen molar-refractivity contribution < 1.29 is 31.1 Å². The maximum atomic E-state index is 13.0. The van der Waals surface area contributed by atoms with Crippen molar-refractivity contribution in [1.82, 2.24) is 9.88 Å². The topological polar surface area (TPSA) is 91.5 Å². The Labute approximate surface area is 165 Å². The van der Waals surface area contributed by atoms with Crippen LogP contribution in [0.2, 0.25) is 0 Å². The molecule has 0 saturated carbocycles. The van der Waals surface area contributed by atoms with E-state index in [0.29, 0.717) is 24.5 Å². The fourth-order valence-corrected chi connectivity index (χ4v) is 4.87. The number of hydrogen-bond acceptors (Lipinski definition) is 4. The number of carbonyl (C=O) groups is 1. The Kier molecular flexibility index (Phi) is 5.52. The molecule has 0 aliphatic carbocycles. The number of carbonyl (C=O) groups excluding carboxylic acids is 1. The Morgan fingerprint density at radius 1 is 1.10 bits per heavy atom. The van der Waals surface area contributed by atoms with E-state index < -0.39 is 22.1 Å². The molecule has 0 unspecified atom stereocenters. The molecule has 0 radical (unpaired) electrons. The molecule has 1 aromatic carbocycles. The molecule has 11 heteroatoms. The van der Waals surface area contributed by atoms with Gasteiger partial charge in [-0.2, -0.15) is 0 Å². The highest BCUT2D eigenvalue weighted by Gasteiger charge is 2.33. The van der Waals surface area contributed by atoms with E-state index in [1.807, 2.05) is 0 Å². The quantitative estimate of drug-likeness (QED) is 0.757. The van der Waals surface area contributed by atoms with Crippen LogP contribution in [0.5, 0.6) is 5.75 Å². The van der Waals surface area contributed by atoms with E-state index in [4.69, 9.17) is 0 Å². The van der Waals surface area contributed by atoms with E-state index in [0.717, 1.165) is 37.1 Å². The lowest BCUT2D eigenvalue weighted by atomic mass is 10.2. The second-order valence-corrected chi connectivity index (χ2v) is 8.38. The largest absolute Gasteiger partial charge is 0.573 e. The van der Waals surface area contributed by atoms with Gasteiger partial charge in [0.2, 0.25) is 0 Å². The Bertz CT molecular complexity index is 1010. The number of alkyl halides is 3. The standard InChI is InChI=1S/C18H20F3N3O4S/c1-11-15(17(25)24-9-3-4-10-24)16(12(2)22-11)29(26,27)23-13-5-7-14(8-6-13)28-18(19,20)21/h5-8,22-23H,3-4,9-10H2,1-2H3. The van der Waals surface area contributed by atoms with E-state index in [9.17, 15) is 26.4 Å². The number of aryl methyl sites for hydroxylation is 2. The number of nitrogens with one attached hydrogen (secondary N) is 2. The number of sulfonamides is 1. The van der Waals surface area contributed by atoms with Gasteiger partial charge in [0.05, 0.1) is 5.56 Å². The predicted molar refractivity (Wildman–Crippen MR) is 99.3 cm³/mol. The summed E-state index contributed by atoms with van der Waals surface area (Å²) in [7, 11) is -4.17. The molecule has 2 aromatic rings. The van der Waals surface area contributed by atoms with E-state index in [1.54, 1.807) is 18.7 Å². The van der Waals surface area contributed by atoms with Crippen LogP contribution in [0.4, 0.5) is 18.9 Å². The van der Waals surface area contributed by atoms with Gasteiger partial charge >= 0.3 is 6.36 Å². The molecule has 0 atom stereocenters. The van der Waals surface area contributed by atoms with Crippen molar-refractivity contribution in [2.75, 3.05) is 17.8 Å². The number of aromatic amines is 1. The van der Waals surface area contributed by atoms with Crippen molar-refractivity contribution in [3.63, 3.8) is 0 Å². The summed E-state index contributed by atoms with van der Waals surface area (Å²) in [6, 6.07) is 4.29. The molecule has 0 bridgehead atoms. The molecule has 1 aliphatic heterocycles. The number of halogens is 3. The van der Waals surface area contributed by atoms with Crippen LogP contribution >= 0.6 is 0 Å². The van der Waals surface area contributed by atoms with Gasteiger partial charge in [-0.05, 0) is 51.0 Å². The Morgan fingerprint density at radius 3 is 2.24 bits per heavy atom. The predicted octanol–water partition coefficient (Wildman–Crippen LogP) is 3.57. The summed E-state index contributed by atoms with van der Waals surface area (Å²) in [5.74, 6) is -0.835. The highest BCUT2D eigenvalue weighted by molar-refractivity contribution is 7.92. The van der Waals surface area contributed by atoms with Gasteiger partial charge in [0.25, 0.3) is 15.9 Å². The van der Waals surface area contributed by atoms with Gasteiger partial charge < -0.3 is 14.6 Å². The molecule has 7 nitrogen and oxygen atoms in total. The lowest BCUT2D eigenvalue weighted by Gasteiger charge is -2.17. The molecule has 1 saturated heterocycles. The van der Waals surface area contributed by atoms with Crippen LogP contribution in [-0.2, 0) is 10.0 Å². The van der Waals surface area contributed by atoms with Crippen LogP contribution in [0.1, 0.15) is 34.6 Å². The zero-order valence-corrected chi connectivity index (χ0v) is 16.6. The molecular weight excluding hydrogens is 411 g/mol. The number of rotatable bonds is 5. The third kappa shape index (κ3) is 4.66. The minimum absolute atomic E-state index is 0.0392. The van der Waals surface area contributed by atoms with E-state index in [2.05, 4.69) is 14.4 Å².